The molecule has 17 heavy (non-hydrogen) atoms. The first-order chi connectivity index (χ1) is 7.97. The van der Waals surface area contributed by atoms with Crippen molar-refractivity contribution in [2.24, 2.45) is 11.0 Å². The molecule has 8 heteroatoms. The SMILES string of the molecule is C/C(CC(C)C)=N/NC(=O)Nc1n[nH]c(=S)s1. The van der Waals surface area contributed by atoms with E-state index in [0.717, 1.165) is 12.1 Å². The van der Waals surface area contributed by atoms with Crippen LogP contribution < -0.4 is 10.7 Å². The summed E-state index contributed by atoms with van der Waals surface area (Å²) in [5, 5.41) is 13.3. The van der Waals surface area contributed by atoms with Gasteiger partial charge in [-0.25, -0.2) is 10.2 Å². The number of aromatic amines is 1. The third-order valence-corrected chi connectivity index (χ3v) is 2.72. The average Bonchev–Trinajstić information content (AvgIpc) is 2.60. The number of amides is 2. The Hall–Kier alpha value is -1.28. The maximum atomic E-state index is 11.4. The van der Waals surface area contributed by atoms with Crippen molar-refractivity contribution in [3.63, 3.8) is 0 Å². The minimum Gasteiger partial charge on any atom is -0.281 e. The Labute approximate surface area is 109 Å². The second-order valence-electron chi connectivity index (χ2n) is 3.93. The zero-order valence-electron chi connectivity index (χ0n) is 9.90. The maximum Gasteiger partial charge on any atom is 0.341 e. The Kier molecular flexibility index (Phi) is 5.23. The second-order valence-corrected chi connectivity index (χ2v) is 5.59. The van der Waals surface area contributed by atoms with E-state index in [-0.39, 0.29) is 0 Å². The van der Waals surface area contributed by atoms with Gasteiger partial charge in [-0.1, -0.05) is 25.2 Å². The van der Waals surface area contributed by atoms with Gasteiger partial charge in [0, 0.05) is 5.71 Å². The normalized spacial score (nSPS) is 11.6. The molecular formula is C9H15N5OS2. The van der Waals surface area contributed by atoms with Crippen LogP contribution in [0.5, 0.6) is 0 Å². The lowest BCUT2D eigenvalue weighted by Gasteiger charge is -2.04. The molecule has 1 rings (SSSR count). The molecule has 0 aliphatic heterocycles. The van der Waals surface area contributed by atoms with Crippen LogP contribution in [0, 0.1) is 9.87 Å². The number of rotatable bonds is 4. The molecule has 3 N–H and O–H groups in total. The third kappa shape index (κ3) is 5.55. The van der Waals surface area contributed by atoms with Crippen molar-refractivity contribution >= 4 is 40.4 Å². The lowest BCUT2D eigenvalue weighted by atomic mass is 10.1. The van der Waals surface area contributed by atoms with Gasteiger partial charge in [0.2, 0.25) is 5.13 Å². The van der Waals surface area contributed by atoms with E-state index in [4.69, 9.17) is 12.2 Å². The highest BCUT2D eigenvalue weighted by Gasteiger charge is 2.04. The van der Waals surface area contributed by atoms with Crippen LogP contribution in [0.15, 0.2) is 5.10 Å². The van der Waals surface area contributed by atoms with E-state index in [1.54, 1.807) is 0 Å². The maximum absolute atomic E-state index is 11.4. The summed E-state index contributed by atoms with van der Waals surface area (Å²) in [4.78, 5) is 11.4. The molecule has 0 aliphatic carbocycles. The van der Waals surface area contributed by atoms with Gasteiger partial charge < -0.3 is 0 Å². The predicted octanol–water partition coefficient (Wildman–Crippen LogP) is 2.74. The van der Waals surface area contributed by atoms with Crippen molar-refractivity contribution in [2.75, 3.05) is 5.32 Å². The summed E-state index contributed by atoms with van der Waals surface area (Å²) in [6, 6.07) is -0.425. The van der Waals surface area contributed by atoms with Crippen LogP contribution in [0.3, 0.4) is 0 Å². The molecule has 1 aromatic rings. The largest absolute Gasteiger partial charge is 0.341 e. The van der Waals surface area contributed by atoms with Gasteiger partial charge in [-0.3, -0.25) is 10.4 Å². The Morgan fingerprint density at radius 1 is 1.65 bits per heavy atom. The molecule has 0 atom stereocenters. The number of anilines is 1. The fourth-order valence-electron chi connectivity index (χ4n) is 1.19. The molecule has 0 saturated carbocycles. The first-order valence-electron chi connectivity index (χ1n) is 5.13. The number of hydrazone groups is 1. The van der Waals surface area contributed by atoms with E-state index in [1.165, 1.54) is 11.3 Å². The summed E-state index contributed by atoms with van der Waals surface area (Å²) in [6.07, 6.45) is 0.849. The summed E-state index contributed by atoms with van der Waals surface area (Å²) in [5.41, 5.74) is 3.28. The number of aromatic nitrogens is 2. The van der Waals surface area contributed by atoms with Crippen molar-refractivity contribution < 1.29 is 4.79 Å². The molecule has 0 unspecified atom stereocenters. The number of nitrogens with zero attached hydrogens (tertiary/aromatic N) is 2. The molecule has 1 heterocycles. The van der Waals surface area contributed by atoms with E-state index in [9.17, 15) is 4.79 Å². The van der Waals surface area contributed by atoms with Gasteiger partial charge in [0.25, 0.3) is 0 Å². The summed E-state index contributed by atoms with van der Waals surface area (Å²) < 4.78 is 0.514. The smallest absolute Gasteiger partial charge is 0.281 e. The first kappa shape index (κ1) is 13.8. The summed E-state index contributed by atoms with van der Waals surface area (Å²) >= 11 is 6.03. The Morgan fingerprint density at radius 3 is 2.88 bits per heavy atom. The van der Waals surface area contributed by atoms with Crippen LogP contribution in [0.2, 0.25) is 0 Å². The van der Waals surface area contributed by atoms with E-state index in [0.29, 0.717) is 15.0 Å². The molecular weight excluding hydrogens is 258 g/mol. The van der Waals surface area contributed by atoms with Crippen molar-refractivity contribution in [3.8, 4) is 0 Å². The quantitative estimate of drug-likeness (QED) is 0.448. The van der Waals surface area contributed by atoms with E-state index in [2.05, 4.69) is 39.9 Å². The minimum atomic E-state index is -0.425. The minimum absolute atomic E-state index is 0.421. The van der Waals surface area contributed by atoms with Crippen LogP contribution in [0.1, 0.15) is 27.2 Å². The highest BCUT2D eigenvalue weighted by atomic mass is 32.1. The molecule has 0 fully saturated rings. The second kappa shape index (κ2) is 6.45. The topological polar surface area (TPSA) is 82.2 Å². The number of H-pyrrole nitrogens is 1. The number of hydrogen-bond acceptors (Lipinski definition) is 5. The first-order valence-corrected chi connectivity index (χ1v) is 6.35. The molecule has 2 amide bonds. The van der Waals surface area contributed by atoms with E-state index in [1.807, 2.05) is 6.92 Å². The van der Waals surface area contributed by atoms with Crippen molar-refractivity contribution in [3.05, 3.63) is 3.95 Å². The standard InChI is InChI=1S/C9H15N5OS2/c1-5(2)4-6(3)11-12-7(15)10-8-13-14-9(16)17-8/h5H,4H2,1-3H3,(H,14,16)(H2,10,12,13,15)/b11-6-. The monoisotopic (exact) mass is 273 g/mol. The molecule has 1 aromatic heterocycles. The molecule has 0 saturated heterocycles. The van der Waals surface area contributed by atoms with Crippen LogP contribution in [0.25, 0.3) is 0 Å². The fraction of sp³-hybridized carbons (Fsp3) is 0.556. The van der Waals surface area contributed by atoms with Gasteiger partial charge in [-0.2, -0.15) is 5.10 Å². The molecule has 0 aliphatic rings. The van der Waals surface area contributed by atoms with E-state index >= 15 is 0 Å². The van der Waals surface area contributed by atoms with Gasteiger partial charge in [0.05, 0.1) is 0 Å². The van der Waals surface area contributed by atoms with Gasteiger partial charge >= 0.3 is 6.03 Å². The molecule has 6 nitrogen and oxygen atoms in total. The van der Waals surface area contributed by atoms with Crippen LogP contribution in [-0.2, 0) is 0 Å². The van der Waals surface area contributed by atoms with E-state index < -0.39 is 6.03 Å². The van der Waals surface area contributed by atoms with Crippen LogP contribution in [-0.4, -0.2) is 21.9 Å². The van der Waals surface area contributed by atoms with Crippen molar-refractivity contribution in [2.45, 2.75) is 27.2 Å². The van der Waals surface area contributed by atoms with Crippen molar-refractivity contribution in [1.82, 2.24) is 15.6 Å². The highest BCUT2D eigenvalue weighted by molar-refractivity contribution is 7.73. The Bertz CT molecular complexity index is 462. The molecule has 0 radical (unpaired) electrons. The molecule has 0 aromatic carbocycles. The lowest BCUT2D eigenvalue weighted by Crippen LogP contribution is -2.25. The van der Waals surface area contributed by atoms with Gasteiger partial charge in [-0.05, 0) is 31.5 Å². The summed E-state index contributed by atoms with van der Waals surface area (Å²) in [6.45, 7) is 6.06. The molecule has 94 valence electrons. The zero-order valence-corrected chi connectivity index (χ0v) is 11.5. The fourth-order valence-corrected chi connectivity index (χ4v) is 1.98. The van der Waals surface area contributed by atoms with Crippen LogP contribution in [0.4, 0.5) is 9.93 Å². The zero-order chi connectivity index (χ0) is 12.8. The number of carbonyl (C=O) groups excluding carboxylic acids is 1. The molecule has 0 spiro atoms. The number of urea groups is 1. The Morgan fingerprint density at radius 2 is 2.35 bits per heavy atom. The summed E-state index contributed by atoms with van der Waals surface area (Å²) in [5.74, 6) is 0.514. The third-order valence-electron chi connectivity index (χ3n) is 1.71. The molecule has 0 bridgehead atoms. The number of hydrogen-bond donors (Lipinski definition) is 3. The van der Waals surface area contributed by atoms with Gasteiger partial charge in [0.15, 0.2) is 3.95 Å². The summed E-state index contributed by atoms with van der Waals surface area (Å²) in [7, 11) is 0. The predicted molar refractivity (Wildman–Crippen MR) is 72.0 cm³/mol. The number of carbonyl (C=O) groups is 1. The lowest BCUT2D eigenvalue weighted by molar-refractivity contribution is 0.252. The number of nitrogens with one attached hydrogen (secondary N) is 3. The van der Waals surface area contributed by atoms with Crippen molar-refractivity contribution in [1.29, 1.82) is 0 Å². The average molecular weight is 273 g/mol. The van der Waals surface area contributed by atoms with Gasteiger partial charge in [-0.15, -0.1) is 5.10 Å². The van der Waals surface area contributed by atoms with Crippen LogP contribution >= 0.6 is 23.6 Å². The van der Waals surface area contributed by atoms with Gasteiger partial charge in [0.1, 0.15) is 0 Å². The highest BCUT2D eigenvalue weighted by Crippen LogP contribution is 2.10. The Balaban J connectivity index is 2.42.